The fourth-order valence-electron chi connectivity index (χ4n) is 0.581. The Morgan fingerprint density at radius 1 is 1.56 bits per heavy atom. The van der Waals surface area contributed by atoms with E-state index < -0.39 is 0 Å². The number of aryl methyl sites for hydroxylation is 1. The van der Waals surface area contributed by atoms with Crippen molar-refractivity contribution in [2.75, 3.05) is 5.75 Å². The van der Waals surface area contributed by atoms with Gasteiger partial charge in [0.1, 0.15) is 12.7 Å². The molecule has 0 fully saturated rings. The molecule has 0 atom stereocenters. The minimum atomic E-state index is 0.903. The van der Waals surface area contributed by atoms with E-state index in [2.05, 4.69) is 22.7 Å². The third-order valence-electron chi connectivity index (χ3n) is 1.01. The van der Waals surface area contributed by atoms with E-state index in [1.807, 2.05) is 0 Å². The van der Waals surface area contributed by atoms with Crippen LogP contribution in [0.15, 0.2) is 12.7 Å². The fourth-order valence-corrected chi connectivity index (χ4v) is 0.722. The van der Waals surface area contributed by atoms with Crippen molar-refractivity contribution in [3.05, 3.63) is 12.7 Å². The van der Waals surface area contributed by atoms with Gasteiger partial charge in [-0.1, -0.05) is 0 Å². The zero-order valence-corrected chi connectivity index (χ0v) is 5.96. The Bertz CT molecular complexity index is 149. The summed E-state index contributed by atoms with van der Waals surface area (Å²) in [5, 5.41) is 3.93. The summed E-state index contributed by atoms with van der Waals surface area (Å²) in [7, 11) is 0. The molecule has 0 bridgehead atoms. The molecule has 0 aliphatic rings. The van der Waals surface area contributed by atoms with Gasteiger partial charge in [0.2, 0.25) is 0 Å². The molecule has 0 spiro atoms. The van der Waals surface area contributed by atoms with Crippen LogP contribution in [-0.2, 0) is 6.54 Å². The van der Waals surface area contributed by atoms with E-state index in [4.69, 9.17) is 0 Å². The lowest BCUT2D eigenvalue weighted by Gasteiger charge is -1.94. The Morgan fingerprint density at radius 2 is 2.44 bits per heavy atom. The highest BCUT2D eigenvalue weighted by Gasteiger charge is 1.86. The average Bonchev–Trinajstić information content (AvgIpc) is 2.34. The fraction of sp³-hybridized carbons (Fsp3) is 0.600. The van der Waals surface area contributed by atoms with Crippen LogP contribution in [0.25, 0.3) is 0 Å². The molecule has 9 heavy (non-hydrogen) atoms. The van der Waals surface area contributed by atoms with Crippen molar-refractivity contribution in [2.24, 2.45) is 0 Å². The first-order valence-corrected chi connectivity index (χ1v) is 3.50. The normalized spacial score (nSPS) is 9.89. The number of nitrogens with zero attached hydrogens (tertiary/aromatic N) is 3. The third-order valence-corrected chi connectivity index (χ3v) is 1.33. The van der Waals surface area contributed by atoms with E-state index in [1.165, 1.54) is 0 Å². The molecule has 50 valence electrons. The Hall–Kier alpha value is -0.510. The second-order valence-electron chi connectivity index (χ2n) is 1.74. The second-order valence-corrected chi connectivity index (χ2v) is 2.18. The van der Waals surface area contributed by atoms with Crippen LogP contribution in [0, 0.1) is 0 Å². The lowest BCUT2D eigenvalue weighted by molar-refractivity contribution is 0.605. The lowest BCUT2D eigenvalue weighted by Crippen LogP contribution is -1.97. The van der Waals surface area contributed by atoms with Gasteiger partial charge in [0, 0.05) is 6.54 Å². The molecular weight excluding hydrogens is 134 g/mol. The van der Waals surface area contributed by atoms with Crippen molar-refractivity contribution < 1.29 is 0 Å². The van der Waals surface area contributed by atoms with Crippen molar-refractivity contribution in [3.63, 3.8) is 0 Å². The van der Waals surface area contributed by atoms with E-state index in [0.717, 1.165) is 18.7 Å². The van der Waals surface area contributed by atoms with Gasteiger partial charge in [-0.05, 0) is 12.2 Å². The van der Waals surface area contributed by atoms with Gasteiger partial charge in [-0.2, -0.15) is 17.7 Å². The number of thiol groups is 1. The highest BCUT2D eigenvalue weighted by Crippen LogP contribution is 1.87. The quantitative estimate of drug-likeness (QED) is 0.628. The third kappa shape index (κ3) is 2.05. The molecule has 0 saturated heterocycles. The zero-order valence-electron chi connectivity index (χ0n) is 5.06. The molecule has 0 aromatic carbocycles. The summed E-state index contributed by atoms with van der Waals surface area (Å²) in [5.41, 5.74) is 0. The van der Waals surface area contributed by atoms with Crippen molar-refractivity contribution in [1.82, 2.24) is 14.8 Å². The van der Waals surface area contributed by atoms with Crippen LogP contribution >= 0.6 is 12.6 Å². The van der Waals surface area contributed by atoms with Gasteiger partial charge in [-0.25, -0.2) is 4.98 Å². The van der Waals surface area contributed by atoms with Gasteiger partial charge in [0.15, 0.2) is 0 Å². The molecular formula is C5H9N3S. The predicted octanol–water partition coefficient (Wildman–Crippen LogP) is 0.598. The Morgan fingerprint density at radius 3 is 3.00 bits per heavy atom. The molecule has 0 radical (unpaired) electrons. The van der Waals surface area contributed by atoms with Gasteiger partial charge in [0.05, 0.1) is 0 Å². The van der Waals surface area contributed by atoms with Crippen molar-refractivity contribution >= 4 is 12.6 Å². The monoisotopic (exact) mass is 143 g/mol. The zero-order chi connectivity index (χ0) is 6.53. The highest BCUT2D eigenvalue weighted by atomic mass is 32.1. The van der Waals surface area contributed by atoms with Gasteiger partial charge in [0.25, 0.3) is 0 Å². The van der Waals surface area contributed by atoms with Crippen LogP contribution in [-0.4, -0.2) is 20.5 Å². The molecule has 0 aliphatic heterocycles. The second kappa shape index (κ2) is 3.50. The molecule has 4 heteroatoms. The van der Waals surface area contributed by atoms with E-state index in [1.54, 1.807) is 17.3 Å². The first-order valence-electron chi connectivity index (χ1n) is 2.87. The standard InChI is InChI=1S/C5H9N3S/c9-3-1-2-8-5-6-4-7-8/h4-5,9H,1-3H2. The predicted molar refractivity (Wildman–Crippen MR) is 38.5 cm³/mol. The molecule has 0 amide bonds. The Labute approximate surface area is 59.5 Å². The number of aromatic nitrogens is 3. The van der Waals surface area contributed by atoms with E-state index in [0.29, 0.717) is 0 Å². The summed E-state index contributed by atoms with van der Waals surface area (Å²) >= 11 is 4.07. The summed E-state index contributed by atoms with van der Waals surface area (Å²) in [5.74, 6) is 0.903. The van der Waals surface area contributed by atoms with Gasteiger partial charge < -0.3 is 0 Å². The SMILES string of the molecule is SCCCn1cncn1. The van der Waals surface area contributed by atoms with Gasteiger partial charge in [-0.15, -0.1) is 0 Å². The summed E-state index contributed by atoms with van der Waals surface area (Å²) < 4.78 is 1.80. The summed E-state index contributed by atoms with van der Waals surface area (Å²) in [6.45, 7) is 0.920. The molecule has 1 aromatic heterocycles. The maximum absolute atomic E-state index is 4.07. The molecule has 1 aromatic rings. The molecule has 0 unspecified atom stereocenters. The van der Waals surface area contributed by atoms with Crippen molar-refractivity contribution in [2.45, 2.75) is 13.0 Å². The maximum Gasteiger partial charge on any atom is 0.137 e. The molecule has 1 heterocycles. The topological polar surface area (TPSA) is 30.7 Å². The Kier molecular flexibility index (Phi) is 2.57. The summed E-state index contributed by atoms with van der Waals surface area (Å²) in [6.07, 6.45) is 4.30. The molecule has 1 rings (SSSR count). The molecule has 0 aliphatic carbocycles. The highest BCUT2D eigenvalue weighted by molar-refractivity contribution is 7.80. The van der Waals surface area contributed by atoms with Crippen LogP contribution in [0.5, 0.6) is 0 Å². The first-order chi connectivity index (χ1) is 4.43. The van der Waals surface area contributed by atoms with E-state index in [-0.39, 0.29) is 0 Å². The van der Waals surface area contributed by atoms with Crippen LogP contribution in [0.2, 0.25) is 0 Å². The number of hydrogen-bond acceptors (Lipinski definition) is 3. The largest absolute Gasteiger partial charge is 0.253 e. The van der Waals surface area contributed by atoms with Gasteiger partial charge >= 0.3 is 0 Å². The lowest BCUT2D eigenvalue weighted by atomic mass is 10.5. The van der Waals surface area contributed by atoms with Crippen LogP contribution < -0.4 is 0 Å². The van der Waals surface area contributed by atoms with Crippen LogP contribution in [0.1, 0.15) is 6.42 Å². The summed E-state index contributed by atoms with van der Waals surface area (Å²) in [6, 6.07) is 0. The van der Waals surface area contributed by atoms with Gasteiger partial charge in [-0.3, -0.25) is 4.68 Å². The summed E-state index contributed by atoms with van der Waals surface area (Å²) in [4.78, 5) is 3.80. The van der Waals surface area contributed by atoms with Crippen LogP contribution in [0.4, 0.5) is 0 Å². The maximum atomic E-state index is 4.07. The van der Waals surface area contributed by atoms with Crippen molar-refractivity contribution in [1.29, 1.82) is 0 Å². The Balaban J connectivity index is 2.30. The average molecular weight is 143 g/mol. The minimum Gasteiger partial charge on any atom is -0.253 e. The minimum absolute atomic E-state index is 0.903. The van der Waals surface area contributed by atoms with E-state index in [9.17, 15) is 0 Å². The van der Waals surface area contributed by atoms with Crippen LogP contribution in [0.3, 0.4) is 0 Å². The smallest absolute Gasteiger partial charge is 0.137 e. The molecule has 0 saturated carbocycles. The molecule has 3 nitrogen and oxygen atoms in total. The van der Waals surface area contributed by atoms with Crippen molar-refractivity contribution in [3.8, 4) is 0 Å². The molecule has 0 N–H and O–H groups in total. The number of rotatable bonds is 3. The van der Waals surface area contributed by atoms with E-state index >= 15 is 0 Å². The first kappa shape index (κ1) is 6.61. The number of hydrogen-bond donors (Lipinski definition) is 1.